The zero-order chi connectivity index (χ0) is 23.4. The summed E-state index contributed by atoms with van der Waals surface area (Å²) in [5.41, 5.74) is 3.07. The van der Waals surface area contributed by atoms with Crippen LogP contribution in [0, 0.1) is 11.8 Å². The number of thioether (sulfide) groups is 1. The number of ketones is 1. The van der Waals surface area contributed by atoms with Crippen molar-refractivity contribution < 1.29 is 23.9 Å². The van der Waals surface area contributed by atoms with E-state index < -0.39 is 23.8 Å². The van der Waals surface area contributed by atoms with Crippen molar-refractivity contribution in [2.45, 2.75) is 33.1 Å². The molecule has 0 saturated carbocycles. The summed E-state index contributed by atoms with van der Waals surface area (Å²) in [5.74, 6) is -1.36. The molecule has 1 aliphatic heterocycles. The number of Topliss-reactive ketones (excluding diaryl/α,β-unsaturated/α-hetero) is 1. The molecule has 1 heterocycles. The molecule has 3 atom stereocenters. The quantitative estimate of drug-likeness (QED) is 0.324. The van der Waals surface area contributed by atoms with Gasteiger partial charge in [-0.05, 0) is 42.7 Å². The molecule has 1 aromatic carbocycles. The number of hydrogen-bond acceptors (Lipinski definition) is 7. The van der Waals surface area contributed by atoms with E-state index in [4.69, 9.17) is 9.47 Å². The first-order valence-corrected chi connectivity index (χ1v) is 12.6. The molecule has 1 aliphatic carbocycles. The van der Waals surface area contributed by atoms with Gasteiger partial charge in [-0.15, -0.1) is 0 Å². The lowest BCUT2D eigenvalue weighted by Crippen LogP contribution is -2.43. The van der Waals surface area contributed by atoms with E-state index in [0.29, 0.717) is 35.6 Å². The zero-order valence-corrected chi connectivity index (χ0v) is 21.1. The average molecular weight is 522 g/mol. The molecule has 172 valence electrons. The number of dihydropyridines is 1. The smallest absolute Gasteiger partial charge is 0.336 e. The SMILES string of the molecule is CCSCCOC(=O)C1=C(C)NC2=C(C(=O)[C@@H](C(=O)OC)[C@H](C)C2)[C@H]1c1ccc(Br)cc1. The molecule has 8 heteroatoms. The van der Waals surface area contributed by atoms with E-state index in [1.165, 1.54) is 7.11 Å². The molecule has 0 bridgehead atoms. The number of hydrogen-bond donors (Lipinski definition) is 1. The van der Waals surface area contributed by atoms with Gasteiger partial charge in [-0.2, -0.15) is 11.8 Å². The van der Waals surface area contributed by atoms with Crippen LogP contribution in [0.2, 0.25) is 0 Å². The Bertz CT molecular complexity index is 969. The van der Waals surface area contributed by atoms with E-state index in [2.05, 4.69) is 28.2 Å². The topological polar surface area (TPSA) is 81.7 Å². The Morgan fingerprint density at radius 2 is 1.94 bits per heavy atom. The highest BCUT2D eigenvalue weighted by Gasteiger charge is 2.47. The highest BCUT2D eigenvalue weighted by Crippen LogP contribution is 2.45. The van der Waals surface area contributed by atoms with E-state index in [9.17, 15) is 14.4 Å². The molecule has 0 fully saturated rings. The molecule has 3 rings (SSSR count). The van der Waals surface area contributed by atoms with E-state index in [1.54, 1.807) is 11.8 Å². The number of halogens is 1. The summed E-state index contributed by atoms with van der Waals surface area (Å²) in [4.78, 5) is 39.2. The lowest BCUT2D eigenvalue weighted by atomic mass is 9.69. The second-order valence-corrected chi connectivity index (χ2v) is 10.2. The monoisotopic (exact) mass is 521 g/mol. The van der Waals surface area contributed by atoms with Crippen molar-refractivity contribution in [3.63, 3.8) is 0 Å². The second-order valence-electron chi connectivity index (χ2n) is 7.92. The first-order valence-electron chi connectivity index (χ1n) is 10.6. The number of esters is 2. The van der Waals surface area contributed by atoms with Crippen LogP contribution in [-0.4, -0.2) is 42.9 Å². The fourth-order valence-corrected chi connectivity index (χ4v) is 5.11. The van der Waals surface area contributed by atoms with Gasteiger partial charge in [0, 0.05) is 33.1 Å². The van der Waals surface area contributed by atoms with E-state index in [-0.39, 0.29) is 11.7 Å². The zero-order valence-electron chi connectivity index (χ0n) is 18.7. The third kappa shape index (κ3) is 4.96. The molecule has 1 N–H and O–H groups in total. The number of methoxy groups -OCH3 is 1. The summed E-state index contributed by atoms with van der Waals surface area (Å²) in [7, 11) is 1.29. The molecule has 0 saturated heterocycles. The van der Waals surface area contributed by atoms with Gasteiger partial charge >= 0.3 is 11.9 Å². The van der Waals surface area contributed by atoms with Crippen molar-refractivity contribution in [3.05, 3.63) is 56.8 Å². The summed E-state index contributed by atoms with van der Waals surface area (Å²) in [6, 6.07) is 7.52. The van der Waals surface area contributed by atoms with Gasteiger partial charge in [0.1, 0.15) is 12.5 Å². The molecular weight excluding hydrogens is 494 g/mol. The Hall–Kier alpha value is -2.06. The largest absolute Gasteiger partial charge is 0.468 e. The van der Waals surface area contributed by atoms with E-state index in [1.807, 2.05) is 38.1 Å². The molecule has 2 aliphatic rings. The highest BCUT2D eigenvalue weighted by molar-refractivity contribution is 9.10. The Labute approximate surface area is 201 Å². The molecule has 0 amide bonds. The predicted molar refractivity (Wildman–Crippen MR) is 128 cm³/mol. The van der Waals surface area contributed by atoms with E-state index >= 15 is 0 Å². The van der Waals surface area contributed by atoms with Crippen molar-refractivity contribution in [2.75, 3.05) is 25.2 Å². The van der Waals surface area contributed by atoms with Gasteiger partial charge in [0.05, 0.1) is 12.7 Å². The summed E-state index contributed by atoms with van der Waals surface area (Å²) in [6.45, 7) is 6.04. The van der Waals surface area contributed by atoms with Crippen LogP contribution in [0.5, 0.6) is 0 Å². The maximum Gasteiger partial charge on any atom is 0.336 e. The van der Waals surface area contributed by atoms with Crippen LogP contribution in [0.15, 0.2) is 51.3 Å². The van der Waals surface area contributed by atoms with Gasteiger partial charge < -0.3 is 14.8 Å². The van der Waals surface area contributed by atoms with Gasteiger partial charge in [-0.3, -0.25) is 9.59 Å². The maximum absolute atomic E-state index is 13.6. The molecule has 6 nitrogen and oxygen atoms in total. The Balaban J connectivity index is 2.06. The average Bonchev–Trinajstić information content (AvgIpc) is 2.76. The third-order valence-electron chi connectivity index (χ3n) is 5.83. The molecule has 0 unspecified atom stereocenters. The van der Waals surface area contributed by atoms with Gasteiger partial charge in [-0.1, -0.05) is 41.9 Å². The fourth-order valence-electron chi connectivity index (χ4n) is 4.36. The first kappa shape index (κ1) is 24.6. The predicted octanol–water partition coefficient (Wildman–Crippen LogP) is 4.36. The van der Waals surface area contributed by atoms with Crippen molar-refractivity contribution >= 4 is 45.4 Å². The van der Waals surface area contributed by atoms with Crippen molar-refractivity contribution in [3.8, 4) is 0 Å². The van der Waals surface area contributed by atoms with Crippen molar-refractivity contribution in [2.24, 2.45) is 11.8 Å². The van der Waals surface area contributed by atoms with Gasteiger partial charge in [0.15, 0.2) is 5.78 Å². The second kappa shape index (κ2) is 10.7. The Morgan fingerprint density at radius 1 is 1.25 bits per heavy atom. The number of nitrogens with one attached hydrogen (secondary N) is 1. The lowest BCUT2D eigenvalue weighted by Gasteiger charge is -2.38. The summed E-state index contributed by atoms with van der Waals surface area (Å²) in [6.07, 6.45) is 0.515. The number of carbonyl (C=O) groups is 3. The molecule has 0 aromatic heterocycles. The summed E-state index contributed by atoms with van der Waals surface area (Å²) in [5, 5.41) is 3.27. The van der Waals surface area contributed by atoms with Crippen LogP contribution in [0.1, 0.15) is 38.7 Å². The fraction of sp³-hybridized carbons (Fsp3) is 0.458. The van der Waals surface area contributed by atoms with Crippen LogP contribution in [0.3, 0.4) is 0 Å². The van der Waals surface area contributed by atoms with Gasteiger partial charge in [0.25, 0.3) is 0 Å². The summed E-state index contributed by atoms with van der Waals surface area (Å²) >= 11 is 5.13. The molecule has 0 radical (unpaired) electrons. The molecule has 0 spiro atoms. The molecule has 32 heavy (non-hydrogen) atoms. The third-order valence-corrected chi connectivity index (χ3v) is 7.22. The van der Waals surface area contributed by atoms with Crippen molar-refractivity contribution in [1.82, 2.24) is 5.32 Å². The van der Waals surface area contributed by atoms with Crippen LogP contribution in [0.25, 0.3) is 0 Å². The van der Waals surface area contributed by atoms with E-state index in [0.717, 1.165) is 21.5 Å². The number of ether oxygens (including phenoxy) is 2. The number of allylic oxidation sites excluding steroid dienone is 3. The standard InChI is InChI=1S/C24H28BrNO5S/c1-5-32-11-10-31-24(29)19-14(3)26-17-12-13(2)18(23(28)30-4)22(27)21(17)20(19)15-6-8-16(25)9-7-15/h6-9,13,18,20,26H,5,10-12H2,1-4H3/t13-,18+,20+/m1/s1. The summed E-state index contributed by atoms with van der Waals surface area (Å²) < 4.78 is 11.4. The molecular formula is C24H28BrNO5S. The lowest BCUT2D eigenvalue weighted by molar-refractivity contribution is -0.151. The number of rotatable bonds is 7. The minimum absolute atomic E-state index is 0.209. The highest BCUT2D eigenvalue weighted by atomic mass is 79.9. The Morgan fingerprint density at radius 3 is 2.56 bits per heavy atom. The number of carbonyl (C=O) groups excluding carboxylic acids is 3. The number of benzene rings is 1. The normalized spacial score (nSPS) is 22.9. The van der Waals surface area contributed by atoms with Crippen molar-refractivity contribution in [1.29, 1.82) is 0 Å². The van der Waals surface area contributed by atoms with Crippen LogP contribution >= 0.6 is 27.7 Å². The maximum atomic E-state index is 13.6. The minimum Gasteiger partial charge on any atom is -0.468 e. The van der Waals surface area contributed by atoms with Crippen LogP contribution < -0.4 is 5.32 Å². The van der Waals surface area contributed by atoms with Gasteiger partial charge in [-0.25, -0.2) is 4.79 Å². The van der Waals surface area contributed by atoms with Crippen LogP contribution in [0.4, 0.5) is 0 Å². The molecule has 1 aromatic rings. The first-order chi connectivity index (χ1) is 15.3. The van der Waals surface area contributed by atoms with Gasteiger partial charge in [0.2, 0.25) is 0 Å². The Kier molecular flexibility index (Phi) is 8.22. The minimum atomic E-state index is -0.893. The van der Waals surface area contributed by atoms with Crippen LogP contribution in [-0.2, 0) is 23.9 Å².